The lowest BCUT2D eigenvalue weighted by Gasteiger charge is -2.23. The third kappa shape index (κ3) is 3.14. The number of benzene rings is 1. The molecule has 1 atom stereocenters. The van der Waals surface area contributed by atoms with E-state index in [9.17, 15) is 4.79 Å². The zero-order valence-electron chi connectivity index (χ0n) is 14.5. The summed E-state index contributed by atoms with van der Waals surface area (Å²) in [6.45, 7) is 6.33. The minimum Gasteiger partial charge on any atom is -0.343 e. The van der Waals surface area contributed by atoms with Crippen molar-refractivity contribution in [3.8, 4) is 0 Å². The summed E-state index contributed by atoms with van der Waals surface area (Å²) in [7, 11) is 0. The van der Waals surface area contributed by atoms with Gasteiger partial charge in [0.1, 0.15) is 0 Å². The predicted octanol–water partition coefficient (Wildman–Crippen LogP) is 4.08. The lowest BCUT2D eigenvalue weighted by molar-refractivity contribution is 0.192. The number of urea groups is 1. The molecule has 0 bridgehead atoms. The summed E-state index contributed by atoms with van der Waals surface area (Å²) >= 11 is 1.61. The van der Waals surface area contributed by atoms with Gasteiger partial charge in [-0.05, 0) is 37.8 Å². The number of amides is 2. The van der Waals surface area contributed by atoms with Gasteiger partial charge in [-0.1, -0.05) is 18.2 Å². The van der Waals surface area contributed by atoms with E-state index >= 15 is 0 Å². The van der Waals surface area contributed by atoms with Gasteiger partial charge in [0, 0.05) is 29.7 Å². The summed E-state index contributed by atoms with van der Waals surface area (Å²) in [6, 6.07) is 10.5. The molecule has 1 N–H and O–H groups in total. The minimum absolute atomic E-state index is 0.0168. The molecule has 3 heterocycles. The molecule has 3 aromatic rings. The zero-order valence-corrected chi connectivity index (χ0v) is 15.3. The van der Waals surface area contributed by atoms with Crippen molar-refractivity contribution >= 4 is 28.3 Å². The smallest absolute Gasteiger partial charge is 0.318 e. The van der Waals surface area contributed by atoms with Crippen LogP contribution in [0.15, 0.2) is 35.7 Å². The summed E-state index contributed by atoms with van der Waals surface area (Å²) in [4.78, 5) is 19.1. The van der Waals surface area contributed by atoms with Crippen LogP contribution >= 0.6 is 11.3 Å². The van der Waals surface area contributed by atoms with Crippen LogP contribution in [0.5, 0.6) is 0 Å². The van der Waals surface area contributed by atoms with E-state index in [0.717, 1.165) is 30.2 Å². The Bertz CT molecular complexity index is 913. The van der Waals surface area contributed by atoms with Crippen LogP contribution in [-0.4, -0.2) is 27.0 Å². The lowest BCUT2D eigenvalue weighted by atomic mass is 10.2. The highest BCUT2D eigenvalue weighted by Gasteiger charge is 2.22. The quantitative estimate of drug-likeness (QED) is 0.754. The van der Waals surface area contributed by atoms with E-state index in [0.29, 0.717) is 6.54 Å². The van der Waals surface area contributed by atoms with Gasteiger partial charge < -0.3 is 14.8 Å². The van der Waals surface area contributed by atoms with Crippen LogP contribution in [-0.2, 0) is 13.1 Å². The molecule has 1 aliphatic heterocycles. The Labute approximate surface area is 151 Å². The summed E-state index contributed by atoms with van der Waals surface area (Å²) in [6.07, 6.45) is 0.962. The van der Waals surface area contributed by atoms with Gasteiger partial charge in [-0.2, -0.15) is 0 Å². The first-order valence-electron chi connectivity index (χ1n) is 8.66. The second-order valence-electron chi connectivity index (χ2n) is 6.58. The molecule has 0 saturated heterocycles. The number of hydrogen-bond acceptors (Lipinski definition) is 3. The van der Waals surface area contributed by atoms with Gasteiger partial charge in [0.05, 0.1) is 23.3 Å². The van der Waals surface area contributed by atoms with Gasteiger partial charge in [0.25, 0.3) is 0 Å². The maximum absolute atomic E-state index is 12.7. The third-order valence-electron chi connectivity index (χ3n) is 4.77. The first-order chi connectivity index (χ1) is 12.1. The van der Waals surface area contributed by atoms with Crippen LogP contribution in [0, 0.1) is 6.92 Å². The van der Waals surface area contributed by atoms with Crippen LogP contribution in [0.3, 0.4) is 0 Å². The lowest BCUT2D eigenvalue weighted by Crippen LogP contribution is -2.40. The Hall–Kier alpha value is -2.34. The van der Waals surface area contributed by atoms with E-state index in [1.165, 1.54) is 16.6 Å². The first-order valence-corrected chi connectivity index (χ1v) is 9.54. The number of aromatic nitrogens is 2. The number of fused-ring (bicyclic) bond motifs is 3. The molecular formula is C19H22N4OS. The van der Waals surface area contributed by atoms with Crippen LogP contribution in [0.25, 0.3) is 10.9 Å². The number of carbonyl (C=O) groups excluding carboxylic acids is 1. The summed E-state index contributed by atoms with van der Waals surface area (Å²) in [5.74, 6) is 0. The standard InChI is InChI=1S/C19H22N4OS/c1-13(17-12-25-14(2)21-17)20-19(24)22-8-5-9-23-16(11-22)10-15-6-3-4-7-18(15)23/h3-4,6-7,10,12-13H,5,8-9,11H2,1-2H3,(H,20,24). The van der Waals surface area contributed by atoms with E-state index in [2.05, 4.69) is 45.2 Å². The number of aryl methyl sites for hydroxylation is 2. The zero-order chi connectivity index (χ0) is 17.4. The van der Waals surface area contributed by atoms with Crippen molar-refractivity contribution in [1.29, 1.82) is 0 Å². The molecule has 1 aliphatic rings. The van der Waals surface area contributed by atoms with Gasteiger partial charge in [0.15, 0.2) is 0 Å². The Balaban J connectivity index is 1.51. The number of thiazole rings is 1. The highest BCUT2D eigenvalue weighted by Crippen LogP contribution is 2.24. The van der Waals surface area contributed by atoms with Gasteiger partial charge in [-0.3, -0.25) is 0 Å². The fourth-order valence-electron chi connectivity index (χ4n) is 3.46. The molecule has 1 aromatic carbocycles. The van der Waals surface area contributed by atoms with Gasteiger partial charge in [-0.15, -0.1) is 11.3 Å². The number of nitrogens with one attached hydrogen (secondary N) is 1. The summed E-state index contributed by atoms with van der Waals surface area (Å²) in [5.41, 5.74) is 3.39. The monoisotopic (exact) mass is 354 g/mol. The molecule has 6 heteroatoms. The fraction of sp³-hybridized carbons (Fsp3) is 0.368. The van der Waals surface area contributed by atoms with Crippen LogP contribution in [0.4, 0.5) is 4.79 Å². The van der Waals surface area contributed by atoms with Gasteiger partial charge >= 0.3 is 6.03 Å². The largest absolute Gasteiger partial charge is 0.343 e. The normalized spacial score (nSPS) is 15.7. The Kier molecular flexibility index (Phi) is 4.21. The average Bonchev–Trinajstić information content (AvgIpc) is 3.11. The van der Waals surface area contributed by atoms with Crippen molar-refractivity contribution in [3.63, 3.8) is 0 Å². The van der Waals surface area contributed by atoms with E-state index in [-0.39, 0.29) is 12.1 Å². The molecule has 0 aliphatic carbocycles. The van der Waals surface area contributed by atoms with Crippen molar-refractivity contribution in [1.82, 2.24) is 19.8 Å². The molecule has 0 fully saturated rings. The molecule has 0 spiro atoms. The highest BCUT2D eigenvalue weighted by molar-refractivity contribution is 7.09. The van der Waals surface area contributed by atoms with E-state index in [4.69, 9.17) is 0 Å². The molecule has 4 rings (SSSR count). The Morgan fingerprint density at radius 3 is 2.96 bits per heavy atom. The molecule has 2 aromatic heterocycles. The van der Waals surface area contributed by atoms with E-state index < -0.39 is 0 Å². The van der Waals surface area contributed by atoms with Gasteiger partial charge in [0.2, 0.25) is 0 Å². The molecule has 130 valence electrons. The molecule has 0 radical (unpaired) electrons. The molecular weight excluding hydrogens is 332 g/mol. The molecule has 5 nitrogen and oxygen atoms in total. The average molecular weight is 354 g/mol. The number of para-hydroxylation sites is 1. The Morgan fingerprint density at radius 2 is 2.16 bits per heavy atom. The summed E-state index contributed by atoms with van der Waals surface area (Å²) < 4.78 is 2.34. The molecule has 0 saturated carbocycles. The van der Waals surface area contributed by atoms with E-state index in [1.54, 1.807) is 11.3 Å². The maximum atomic E-state index is 12.7. The number of carbonyl (C=O) groups is 1. The molecule has 2 amide bonds. The predicted molar refractivity (Wildman–Crippen MR) is 101 cm³/mol. The summed E-state index contributed by atoms with van der Waals surface area (Å²) in [5, 5.41) is 7.37. The van der Waals surface area contributed by atoms with Crippen molar-refractivity contribution in [2.24, 2.45) is 0 Å². The number of hydrogen-bond donors (Lipinski definition) is 1. The fourth-order valence-corrected chi connectivity index (χ4v) is 4.17. The van der Waals surface area contributed by atoms with Gasteiger partial charge in [-0.25, -0.2) is 9.78 Å². The SMILES string of the molecule is Cc1nc(C(C)NC(=O)N2CCCn3c(cc4ccccc43)C2)cs1. The number of rotatable bonds is 2. The second kappa shape index (κ2) is 6.52. The van der Waals surface area contributed by atoms with Crippen molar-refractivity contribution in [3.05, 3.63) is 52.1 Å². The second-order valence-corrected chi connectivity index (χ2v) is 7.65. The van der Waals surface area contributed by atoms with Crippen molar-refractivity contribution < 1.29 is 4.79 Å². The highest BCUT2D eigenvalue weighted by atomic mass is 32.1. The minimum atomic E-state index is -0.0773. The maximum Gasteiger partial charge on any atom is 0.318 e. The van der Waals surface area contributed by atoms with E-state index in [1.807, 2.05) is 24.1 Å². The van der Waals surface area contributed by atoms with Crippen LogP contribution in [0.2, 0.25) is 0 Å². The topological polar surface area (TPSA) is 50.2 Å². The van der Waals surface area contributed by atoms with Crippen LogP contribution in [0.1, 0.15) is 35.8 Å². The van der Waals surface area contributed by atoms with Crippen molar-refractivity contribution in [2.45, 2.75) is 39.4 Å². The Morgan fingerprint density at radius 1 is 1.32 bits per heavy atom. The van der Waals surface area contributed by atoms with Crippen LogP contribution < -0.4 is 5.32 Å². The number of nitrogens with zero attached hydrogens (tertiary/aromatic N) is 3. The first kappa shape index (κ1) is 16.1. The molecule has 25 heavy (non-hydrogen) atoms. The van der Waals surface area contributed by atoms with Crippen molar-refractivity contribution in [2.75, 3.05) is 6.54 Å². The third-order valence-corrected chi connectivity index (χ3v) is 5.56. The molecule has 1 unspecified atom stereocenters.